The van der Waals surface area contributed by atoms with Crippen LogP contribution < -0.4 is 0 Å². The smallest absolute Gasteiger partial charge is 0.309 e. The average molecular weight is 672 g/mol. The molecule has 0 spiro atoms. The number of carbonyl (C=O) groups excluding carboxylic acids is 2. The number of allylic oxidation sites excluding steroid dienone is 8. The van der Waals surface area contributed by atoms with E-state index in [0.29, 0.717) is 13.0 Å². The van der Waals surface area contributed by atoms with E-state index in [9.17, 15) is 9.59 Å². The topological polar surface area (TPSA) is 55.8 Å². The molecule has 0 aliphatic heterocycles. The van der Waals surface area contributed by atoms with E-state index in [-0.39, 0.29) is 24.5 Å². The minimum Gasteiger partial charge on any atom is -0.466 e. The van der Waals surface area contributed by atoms with Gasteiger partial charge in [0.15, 0.2) is 0 Å². The number of ether oxygens (including phenoxy) is 2. The van der Waals surface area contributed by atoms with Crippen LogP contribution in [0, 0.1) is 0 Å². The number of esters is 2. The summed E-state index contributed by atoms with van der Waals surface area (Å²) in [6.45, 7) is 5.78. The lowest BCUT2D eigenvalue weighted by Crippen LogP contribution is -2.23. The molecule has 0 heterocycles. The maximum Gasteiger partial charge on any atom is 0.309 e. The second kappa shape index (κ2) is 37.7. The van der Waals surface area contributed by atoms with Crippen molar-refractivity contribution in [2.45, 2.75) is 187 Å². The van der Waals surface area contributed by atoms with Crippen molar-refractivity contribution >= 4 is 11.9 Å². The van der Waals surface area contributed by atoms with Gasteiger partial charge in [0, 0.05) is 13.0 Å². The minimum atomic E-state index is -0.380. The Hall–Kier alpha value is -2.14. The molecule has 5 heteroatoms. The van der Waals surface area contributed by atoms with E-state index < -0.39 is 0 Å². The summed E-state index contributed by atoms with van der Waals surface area (Å²) >= 11 is 0. The normalized spacial score (nSPS) is 12.8. The van der Waals surface area contributed by atoms with Crippen molar-refractivity contribution in [1.82, 2.24) is 4.90 Å². The zero-order valence-electron chi connectivity index (χ0n) is 32.1. The van der Waals surface area contributed by atoms with Crippen LogP contribution in [0.25, 0.3) is 0 Å². The quantitative estimate of drug-likeness (QED) is 0.0381. The molecular weight excluding hydrogens is 594 g/mol. The van der Waals surface area contributed by atoms with Crippen LogP contribution in [0.2, 0.25) is 0 Å². The van der Waals surface area contributed by atoms with E-state index in [2.05, 4.69) is 67.4 Å². The molecule has 0 saturated carbocycles. The van der Waals surface area contributed by atoms with Gasteiger partial charge in [-0.3, -0.25) is 9.59 Å². The van der Waals surface area contributed by atoms with Crippen LogP contribution in [0.5, 0.6) is 0 Å². The van der Waals surface area contributed by atoms with Gasteiger partial charge in [0.1, 0.15) is 6.10 Å². The summed E-state index contributed by atoms with van der Waals surface area (Å²) < 4.78 is 11.3. The molecule has 278 valence electrons. The lowest BCUT2D eigenvalue weighted by Gasteiger charge is -2.18. The number of nitrogens with zero attached hydrogens (tertiary/aromatic N) is 1. The maximum absolute atomic E-state index is 12.7. The van der Waals surface area contributed by atoms with Gasteiger partial charge in [0.2, 0.25) is 0 Å². The largest absolute Gasteiger partial charge is 0.466 e. The molecule has 0 aliphatic rings. The van der Waals surface area contributed by atoms with Crippen molar-refractivity contribution in [2.24, 2.45) is 0 Å². The number of unbranched alkanes of at least 4 members (excludes halogenated alkanes) is 16. The minimum absolute atomic E-state index is 0.160. The SMILES string of the molecule is CCCCC/C=C\C/C=C\CCCCCCCC(=O)OC(CCCCCCC/C=C\C/C=C\CCCCC)CC(=O)OCCCN(C)C. The molecule has 0 N–H and O–H groups in total. The molecule has 0 aromatic carbocycles. The zero-order chi connectivity index (χ0) is 35.2. The second-order valence-corrected chi connectivity index (χ2v) is 13.7. The first-order valence-electron chi connectivity index (χ1n) is 20.1. The highest BCUT2D eigenvalue weighted by atomic mass is 16.6. The van der Waals surface area contributed by atoms with Crippen molar-refractivity contribution in [1.29, 1.82) is 0 Å². The van der Waals surface area contributed by atoms with Crippen LogP contribution >= 0.6 is 0 Å². The first-order valence-corrected chi connectivity index (χ1v) is 20.1. The number of hydrogen-bond donors (Lipinski definition) is 0. The van der Waals surface area contributed by atoms with E-state index in [4.69, 9.17) is 9.47 Å². The molecule has 48 heavy (non-hydrogen) atoms. The monoisotopic (exact) mass is 672 g/mol. The third-order valence-electron chi connectivity index (χ3n) is 8.51. The molecule has 0 aliphatic carbocycles. The summed E-state index contributed by atoms with van der Waals surface area (Å²) in [5.41, 5.74) is 0. The third kappa shape index (κ3) is 36.7. The van der Waals surface area contributed by atoms with E-state index in [1.54, 1.807) is 0 Å². The van der Waals surface area contributed by atoms with Crippen LogP contribution in [0.15, 0.2) is 48.6 Å². The second-order valence-electron chi connectivity index (χ2n) is 13.7. The molecule has 0 radical (unpaired) electrons. The Labute approximate surface area is 298 Å². The summed E-state index contributed by atoms with van der Waals surface area (Å²) in [5, 5.41) is 0. The van der Waals surface area contributed by atoms with Crippen molar-refractivity contribution < 1.29 is 19.1 Å². The summed E-state index contributed by atoms with van der Waals surface area (Å²) in [7, 11) is 4.02. The van der Waals surface area contributed by atoms with Gasteiger partial charge in [0.05, 0.1) is 13.0 Å². The maximum atomic E-state index is 12.7. The van der Waals surface area contributed by atoms with Gasteiger partial charge in [-0.2, -0.15) is 0 Å². The van der Waals surface area contributed by atoms with Crippen molar-refractivity contribution in [3.8, 4) is 0 Å². The van der Waals surface area contributed by atoms with Gasteiger partial charge in [-0.05, 0) is 104 Å². The molecule has 0 saturated heterocycles. The fourth-order valence-corrected chi connectivity index (χ4v) is 5.52. The van der Waals surface area contributed by atoms with Crippen molar-refractivity contribution in [3.63, 3.8) is 0 Å². The molecule has 0 aromatic rings. The molecule has 0 bridgehead atoms. The Morgan fingerprint density at radius 3 is 1.50 bits per heavy atom. The number of hydrogen-bond acceptors (Lipinski definition) is 5. The number of rotatable bonds is 35. The zero-order valence-corrected chi connectivity index (χ0v) is 32.1. The lowest BCUT2D eigenvalue weighted by molar-refractivity contribution is -0.155. The molecule has 1 unspecified atom stereocenters. The summed E-state index contributed by atoms with van der Waals surface area (Å²) in [4.78, 5) is 27.2. The van der Waals surface area contributed by atoms with Gasteiger partial charge < -0.3 is 14.4 Å². The average Bonchev–Trinajstić information content (AvgIpc) is 3.06. The number of carbonyl (C=O) groups is 2. The highest BCUT2D eigenvalue weighted by molar-refractivity contribution is 5.72. The fourth-order valence-electron chi connectivity index (χ4n) is 5.52. The molecule has 1 atom stereocenters. The van der Waals surface area contributed by atoms with E-state index in [1.807, 2.05) is 14.1 Å². The van der Waals surface area contributed by atoms with Gasteiger partial charge in [-0.15, -0.1) is 0 Å². The molecule has 0 amide bonds. The predicted octanol–water partition coefficient (Wildman–Crippen LogP) is 12.4. The van der Waals surface area contributed by atoms with Crippen LogP contribution in [0.1, 0.15) is 181 Å². The van der Waals surface area contributed by atoms with Gasteiger partial charge in [-0.25, -0.2) is 0 Å². The summed E-state index contributed by atoms with van der Waals surface area (Å²) in [6.07, 6.45) is 45.8. The van der Waals surface area contributed by atoms with Crippen LogP contribution in [0.3, 0.4) is 0 Å². The van der Waals surface area contributed by atoms with Crippen LogP contribution in [-0.4, -0.2) is 50.2 Å². The predicted molar refractivity (Wildman–Crippen MR) is 207 cm³/mol. The standard InChI is InChI=1S/C43H77NO4/c1-5-7-9-11-13-15-17-19-21-23-25-27-29-31-33-36-41(40-43(46)47-39-35-38-44(3)4)48-42(45)37-34-32-30-28-26-24-22-20-18-16-14-12-10-8-6-2/h13-16,19-22,41H,5-12,17-18,23-40H2,1-4H3/b15-13-,16-14-,21-19-,22-20-. The third-order valence-corrected chi connectivity index (χ3v) is 8.51. The Balaban J connectivity index is 4.20. The Morgan fingerprint density at radius 2 is 1.00 bits per heavy atom. The molecule has 0 aromatic heterocycles. The van der Waals surface area contributed by atoms with Gasteiger partial charge in [-0.1, -0.05) is 127 Å². The van der Waals surface area contributed by atoms with Gasteiger partial charge in [0.25, 0.3) is 0 Å². The van der Waals surface area contributed by atoms with Crippen molar-refractivity contribution in [3.05, 3.63) is 48.6 Å². The fraction of sp³-hybridized carbons (Fsp3) is 0.767. The Morgan fingerprint density at radius 1 is 0.542 bits per heavy atom. The highest BCUT2D eigenvalue weighted by Gasteiger charge is 2.19. The molecule has 0 fully saturated rings. The van der Waals surface area contributed by atoms with Gasteiger partial charge >= 0.3 is 11.9 Å². The Kier molecular flexibility index (Phi) is 36.0. The highest BCUT2D eigenvalue weighted by Crippen LogP contribution is 2.16. The molecule has 0 rings (SSSR count). The summed E-state index contributed by atoms with van der Waals surface area (Å²) in [6, 6.07) is 0. The van der Waals surface area contributed by atoms with Crippen LogP contribution in [-0.2, 0) is 19.1 Å². The lowest BCUT2D eigenvalue weighted by atomic mass is 10.0. The summed E-state index contributed by atoms with van der Waals surface area (Å²) in [5.74, 6) is -0.431. The van der Waals surface area contributed by atoms with Crippen molar-refractivity contribution in [2.75, 3.05) is 27.2 Å². The van der Waals surface area contributed by atoms with E-state index in [1.165, 1.54) is 83.5 Å². The van der Waals surface area contributed by atoms with Crippen LogP contribution in [0.4, 0.5) is 0 Å². The first-order chi connectivity index (χ1) is 23.5. The first kappa shape index (κ1) is 45.9. The molecular formula is C43H77NO4. The van der Waals surface area contributed by atoms with E-state index in [0.717, 1.165) is 77.2 Å². The molecule has 5 nitrogen and oxygen atoms in total. The Bertz CT molecular complexity index is 829. The van der Waals surface area contributed by atoms with E-state index >= 15 is 0 Å².